The van der Waals surface area contributed by atoms with E-state index in [1.807, 2.05) is 6.92 Å². The van der Waals surface area contributed by atoms with Gasteiger partial charge in [-0.15, -0.1) is 0 Å². The molecule has 4 fully saturated rings. The van der Waals surface area contributed by atoms with E-state index in [-0.39, 0.29) is 0 Å². The van der Waals surface area contributed by atoms with Gasteiger partial charge in [-0.2, -0.15) is 0 Å². The number of aromatic nitrogens is 2. The number of hydrogen-bond donors (Lipinski definition) is 2. The number of aromatic amines is 1. The van der Waals surface area contributed by atoms with Crippen molar-refractivity contribution in [2.75, 3.05) is 0 Å². The predicted molar refractivity (Wildman–Crippen MR) is 61.3 cm³/mol. The van der Waals surface area contributed by atoms with Gasteiger partial charge in [0.25, 0.3) is 0 Å². The van der Waals surface area contributed by atoms with Crippen molar-refractivity contribution >= 4 is 0 Å². The van der Waals surface area contributed by atoms with Gasteiger partial charge in [-0.25, -0.2) is 0 Å². The van der Waals surface area contributed by atoms with E-state index in [0.717, 1.165) is 29.4 Å². The number of hydrogen-bond acceptors (Lipinski definition) is 1. The molecule has 0 amide bonds. The molecule has 16 heavy (non-hydrogen) atoms. The van der Waals surface area contributed by atoms with Gasteiger partial charge in [0.1, 0.15) is 0 Å². The van der Waals surface area contributed by atoms with Gasteiger partial charge in [0.15, 0.2) is 0 Å². The molecule has 1 heterocycles. The second kappa shape index (κ2) is 2.88. The molecule has 0 atom stereocenters. The maximum atomic E-state index is 9.90. The first-order valence-electron chi connectivity index (χ1n) is 6.68. The minimum absolute atomic E-state index is 0.498. The molecule has 1 aromatic rings. The van der Waals surface area contributed by atoms with E-state index in [9.17, 15) is 5.11 Å². The summed E-state index contributed by atoms with van der Waals surface area (Å²) in [6.45, 7) is 1.95. The zero-order valence-corrected chi connectivity index (χ0v) is 9.82. The number of H-pyrrole nitrogens is 1. The van der Waals surface area contributed by atoms with Gasteiger partial charge >= 0.3 is 0 Å². The number of aromatic hydroxyl groups is 1. The lowest BCUT2D eigenvalue weighted by molar-refractivity contribution is -0.0396. The Morgan fingerprint density at radius 3 is 2.06 bits per heavy atom. The van der Waals surface area contributed by atoms with Gasteiger partial charge in [-0.05, 0) is 62.7 Å². The monoisotopic (exact) mass is 220 g/mol. The van der Waals surface area contributed by atoms with E-state index in [4.69, 9.17) is 0 Å². The largest absolute Gasteiger partial charge is 0.492 e. The molecule has 4 aliphatic carbocycles. The van der Waals surface area contributed by atoms with Crippen LogP contribution in [0.25, 0.3) is 0 Å². The quantitative estimate of drug-likeness (QED) is 0.750. The highest BCUT2D eigenvalue weighted by molar-refractivity contribution is 5.19. The lowest BCUT2D eigenvalue weighted by Gasteiger charge is -2.55. The second-order valence-electron chi connectivity index (χ2n) is 6.35. The average Bonchev–Trinajstić information content (AvgIpc) is 2.26. The molecule has 4 aliphatic rings. The molecule has 0 unspecified atom stereocenters. The lowest BCUT2D eigenvalue weighted by Crippen LogP contribution is -2.47. The van der Waals surface area contributed by atoms with Gasteiger partial charge in [-0.1, -0.05) is 0 Å². The van der Waals surface area contributed by atoms with Crippen molar-refractivity contribution in [3.05, 3.63) is 5.69 Å². The maximum absolute atomic E-state index is 9.90. The first-order valence-corrected chi connectivity index (χ1v) is 6.68. The van der Waals surface area contributed by atoms with Crippen LogP contribution in [-0.2, 0) is 0 Å². The summed E-state index contributed by atoms with van der Waals surface area (Å²) in [5.41, 5.74) is 0.939. The third-order valence-corrected chi connectivity index (χ3v) is 5.33. The van der Waals surface area contributed by atoms with Crippen molar-refractivity contribution in [1.82, 2.24) is 9.78 Å². The molecule has 0 spiro atoms. The number of aryl methyl sites for hydroxylation is 1. The normalized spacial score (nSPS) is 45.4. The SMILES string of the molecule is Cc1[nH]n(C2C3CC4CC(C3)CC2C4)c1O. The summed E-state index contributed by atoms with van der Waals surface area (Å²) in [7, 11) is 0. The van der Waals surface area contributed by atoms with Crippen LogP contribution in [0, 0.1) is 30.6 Å². The van der Waals surface area contributed by atoms with Crippen LogP contribution in [0.1, 0.15) is 43.8 Å². The van der Waals surface area contributed by atoms with Crippen molar-refractivity contribution in [2.24, 2.45) is 23.7 Å². The Morgan fingerprint density at radius 1 is 1.06 bits per heavy atom. The van der Waals surface area contributed by atoms with Gasteiger partial charge in [0, 0.05) is 0 Å². The molecule has 0 aromatic carbocycles. The maximum Gasteiger partial charge on any atom is 0.227 e. The summed E-state index contributed by atoms with van der Waals surface area (Å²) < 4.78 is 2.06. The molecule has 4 bridgehead atoms. The molecule has 5 rings (SSSR count). The predicted octanol–water partition coefficient (Wildman–Crippen LogP) is 2.83. The molecular weight excluding hydrogens is 200 g/mol. The standard InChI is InChI=1S/C13H20N2O/c1-7-13(16)15(14-7)12-10-3-8-2-9(5-10)6-11(12)4-8/h8-12,14,16H,2-6H2,1H3. The van der Waals surface area contributed by atoms with Gasteiger partial charge < -0.3 is 5.11 Å². The molecule has 3 heteroatoms. The molecule has 0 aliphatic heterocycles. The molecule has 4 saturated carbocycles. The van der Waals surface area contributed by atoms with E-state index in [1.54, 1.807) is 0 Å². The van der Waals surface area contributed by atoms with E-state index >= 15 is 0 Å². The van der Waals surface area contributed by atoms with Crippen LogP contribution in [0.15, 0.2) is 0 Å². The summed E-state index contributed by atoms with van der Waals surface area (Å²) >= 11 is 0. The highest BCUT2D eigenvalue weighted by atomic mass is 16.3. The van der Waals surface area contributed by atoms with E-state index in [1.165, 1.54) is 32.1 Å². The fraction of sp³-hybridized carbons (Fsp3) is 0.846. The van der Waals surface area contributed by atoms with Crippen molar-refractivity contribution in [1.29, 1.82) is 0 Å². The molecule has 2 N–H and O–H groups in total. The summed E-state index contributed by atoms with van der Waals surface area (Å²) in [6.07, 6.45) is 7.11. The molecule has 0 radical (unpaired) electrons. The fourth-order valence-corrected chi connectivity index (χ4v) is 4.95. The van der Waals surface area contributed by atoms with Crippen LogP contribution in [0.5, 0.6) is 5.88 Å². The highest BCUT2D eigenvalue weighted by Gasteiger charge is 2.49. The summed E-state index contributed by atoms with van der Waals surface area (Å²) in [5.74, 6) is 4.18. The first-order chi connectivity index (χ1) is 7.72. The molecule has 0 saturated heterocycles. The van der Waals surface area contributed by atoms with E-state index in [0.29, 0.717) is 11.9 Å². The smallest absolute Gasteiger partial charge is 0.227 e. The van der Waals surface area contributed by atoms with Crippen LogP contribution in [0.3, 0.4) is 0 Å². The number of rotatable bonds is 1. The topological polar surface area (TPSA) is 41.0 Å². The molecule has 1 aromatic heterocycles. The Kier molecular flexibility index (Phi) is 1.65. The Morgan fingerprint density at radius 2 is 1.62 bits per heavy atom. The highest BCUT2D eigenvalue weighted by Crippen LogP contribution is 2.58. The van der Waals surface area contributed by atoms with Crippen LogP contribution in [0.4, 0.5) is 0 Å². The minimum atomic E-state index is 0.498. The van der Waals surface area contributed by atoms with Crippen molar-refractivity contribution in [2.45, 2.75) is 45.1 Å². The zero-order valence-electron chi connectivity index (χ0n) is 9.82. The van der Waals surface area contributed by atoms with Gasteiger partial charge in [0.05, 0.1) is 11.7 Å². The van der Waals surface area contributed by atoms with Gasteiger partial charge in [0.2, 0.25) is 5.88 Å². The van der Waals surface area contributed by atoms with Crippen molar-refractivity contribution in [3.8, 4) is 5.88 Å². The van der Waals surface area contributed by atoms with Crippen molar-refractivity contribution in [3.63, 3.8) is 0 Å². The summed E-state index contributed by atoms with van der Waals surface area (Å²) in [4.78, 5) is 0. The van der Waals surface area contributed by atoms with Crippen LogP contribution < -0.4 is 0 Å². The average molecular weight is 220 g/mol. The number of nitrogens with zero attached hydrogens (tertiary/aromatic N) is 1. The number of nitrogens with one attached hydrogen (secondary N) is 1. The van der Waals surface area contributed by atoms with E-state index < -0.39 is 0 Å². The summed E-state index contributed by atoms with van der Waals surface area (Å²) in [5, 5.41) is 13.2. The third kappa shape index (κ3) is 1.04. The molecular formula is C13H20N2O. The summed E-state index contributed by atoms with van der Waals surface area (Å²) in [6, 6.07) is 0.580. The third-order valence-electron chi connectivity index (χ3n) is 5.33. The fourth-order valence-electron chi connectivity index (χ4n) is 4.95. The van der Waals surface area contributed by atoms with Crippen LogP contribution in [-0.4, -0.2) is 14.9 Å². The Labute approximate surface area is 95.8 Å². The van der Waals surface area contributed by atoms with Crippen molar-refractivity contribution < 1.29 is 5.11 Å². The van der Waals surface area contributed by atoms with Gasteiger partial charge in [-0.3, -0.25) is 9.78 Å². The Bertz CT molecular complexity index is 389. The molecule has 3 nitrogen and oxygen atoms in total. The zero-order chi connectivity index (χ0) is 10.9. The van der Waals surface area contributed by atoms with E-state index in [2.05, 4.69) is 9.78 Å². The minimum Gasteiger partial charge on any atom is -0.492 e. The van der Waals surface area contributed by atoms with Crippen LogP contribution >= 0.6 is 0 Å². The lowest BCUT2D eigenvalue weighted by atomic mass is 9.54. The Hall–Kier alpha value is -0.860. The molecule has 88 valence electrons. The Balaban J connectivity index is 1.68. The van der Waals surface area contributed by atoms with Crippen LogP contribution in [0.2, 0.25) is 0 Å². The second-order valence-corrected chi connectivity index (χ2v) is 6.35. The first kappa shape index (κ1) is 9.20.